The molecular formula is C15H22Cl2N2O. The summed E-state index contributed by atoms with van der Waals surface area (Å²) in [6.45, 7) is 0.669. The Balaban J connectivity index is 0.00000200. The highest BCUT2D eigenvalue weighted by Crippen LogP contribution is 2.24. The molecule has 2 unspecified atom stereocenters. The van der Waals surface area contributed by atoms with Crippen molar-refractivity contribution in [1.82, 2.24) is 5.32 Å². The van der Waals surface area contributed by atoms with E-state index in [1.54, 1.807) is 0 Å². The Labute approximate surface area is 131 Å². The van der Waals surface area contributed by atoms with Gasteiger partial charge in [0, 0.05) is 17.5 Å². The number of amides is 1. The van der Waals surface area contributed by atoms with Crippen molar-refractivity contribution in [3.05, 3.63) is 34.9 Å². The molecule has 2 atom stereocenters. The van der Waals surface area contributed by atoms with Crippen LogP contribution in [0.2, 0.25) is 5.02 Å². The SMILES string of the molecule is Cl.NCC1CCCC1NC(=O)CCc1ccc(Cl)cc1. The summed E-state index contributed by atoms with van der Waals surface area (Å²) in [7, 11) is 0. The van der Waals surface area contributed by atoms with E-state index in [4.69, 9.17) is 17.3 Å². The van der Waals surface area contributed by atoms with Gasteiger partial charge in [-0.2, -0.15) is 0 Å². The van der Waals surface area contributed by atoms with Gasteiger partial charge in [-0.05, 0) is 49.4 Å². The summed E-state index contributed by atoms with van der Waals surface area (Å²) >= 11 is 5.83. The maximum absolute atomic E-state index is 11.9. The van der Waals surface area contributed by atoms with Crippen molar-refractivity contribution in [2.75, 3.05) is 6.54 Å². The van der Waals surface area contributed by atoms with Gasteiger partial charge in [0.05, 0.1) is 0 Å². The number of aryl methyl sites for hydroxylation is 1. The average Bonchev–Trinajstić information content (AvgIpc) is 2.85. The summed E-state index contributed by atoms with van der Waals surface area (Å²) in [5.41, 5.74) is 6.86. The first-order valence-electron chi connectivity index (χ1n) is 6.93. The van der Waals surface area contributed by atoms with Crippen LogP contribution in [0.1, 0.15) is 31.2 Å². The zero-order chi connectivity index (χ0) is 13.7. The number of benzene rings is 1. The Morgan fingerprint density at radius 3 is 2.65 bits per heavy atom. The molecule has 0 spiro atoms. The molecule has 1 aliphatic carbocycles. The molecule has 0 radical (unpaired) electrons. The van der Waals surface area contributed by atoms with Gasteiger partial charge in [0.2, 0.25) is 5.91 Å². The van der Waals surface area contributed by atoms with Crippen LogP contribution in [0.5, 0.6) is 0 Å². The fourth-order valence-electron chi connectivity index (χ4n) is 2.70. The molecule has 0 aliphatic heterocycles. The maximum Gasteiger partial charge on any atom is 0.220 e. The van der Waals surface area contributed by atoms with E-state index in [-0.39, 0.29) is 24.4 Å². The molecule has 1 saturated carbocycles. The number of nitrogens with two attached hydrogens (primary N) is 1. The van der Waals surface area contributed by atoms with Crippen LogP contribution in [0.15, 0.2) is 24.3 Å². The number of nitrogens with one attached hydrogen (secondary N) is 1. The zero-order valence-corrected chi connectivity index (χ0v) is 13.1. The summed E-state index contributed by atoms with van der Waals surface area (Å²) < 4.78 is 0. The summed E-state index contributed by atoms with van der Waals surface area (Å²) in [6.07, 6.45) is 4.65. The first-order chi connectivity index (χ1) is 9.19. The van der Waals surface area contributed by atoms with Crippen LogP contribution >= 0.6 is 24.0 Å². The Kier molecular flexibility index (Phi) is 7.35. The summed E-state index contributed by atoms with van der Waals surface area (Å²) in [5.74, 6) is 0.583. The molecule has 5 heteroatoms. The second-order valence-corrected chi connectivity index (χ2v) is 5.66. The third-order valence-corrected chi connectivity index (χ3v) is 4.11. The molecule has 112 valence electrons. The smallest absolute Gasteiger partial charge is 0.220 e. The molecule has 0 aromatic heterocycles. The third kappa shape index (κ3) is 4.97. The van der Waals surface area contributed by atoms with Gasteiger partial charge in [0.1, 0.15) is 0 Å². The Hall–Kier alpha value is -0.770. The number of carbonyl (C=O) groups excluding carboxylic acids is 1. The second kappa shape index (κ2) is 8.50. The van der Waals surface area contributed by atoms with E-state index < -0.39 is 0 Å². The van der Waals surface area contributed by atoms with E-state index in [9.17, 15) is 4.79 Å². The first kappa shape index (κ1) is 17.3. The minimum atomic E-state index is 0. The van der Waals surface area contributed by atoms with Gasteiger partial charge in [0.25, 0.3) is 0 Å². The lowest BCUT2D eigenvalue weighted by Crippen LogP contribution is -2.39. The molecule has 2 rings (SSSR count). The van der Waals surface area contributed by atoms with Crippen molar-refractivity contribution in [1.29, 1.82) is 0 Å². The van der Waals surface area contributed by atoms with Crippen LogP contribution in [-0.2, 0) is 11.2 Å². The normalized spacial score (nSPS) is 21.3. The monoisotopic (exact) mass is 316 g/mol. The van der Waals surface area contributed by atoms with E-state index >= 15 is 0 Å². The molecule has 0 bridgehead atoms. The molecular weight excluding hydrogens is 295 g/mol. The van der Waals surface area contributed by atoms with Crippen molar-refractivity contribution in [3.8, 4) is 0 Å². The van der Waals surface area contributed by atoms with Crippen molar-refractivity contribution >= 4 is 29.9 Å². The summed E-state index contributed by atoms with van der Waals surface area (Å²) in [4.78, 5) is 11.9. The highest BCUT2D eigenvalue weighted by molar-refractivity contribution is 6.30. The van der Waals surface area contributed by atoms with Crippen LogP contribution < -0.4 is 11.1 Å². The second-order valence-electron chi connectivity index (χ2n) is 5.23. The van der Waals surface area contributed by atoms with Gasteiger partial charge in [-0.15, -0.1) is 12.4 Å². The van der Waals surface area contributed by atoms with E-state index in [1.807, 2.05) is 24.3 Å². The predicted octanol–water partition coefficient (Wildman–Crippen LogP) is 2.94. The molecule has 0 saturated heterocycles. The molecule has 3 nitrogen and oxygen atoms in total. The van der Waals surface area contributed by atoms with Crippen LogP contribution in [0.4, 0.5) is 0 Å². The molecule has 3 N–H and O–H groups in total. The molecule has 0 heterocycles. The third-order valence-electron chi connectivity index (χ3n) is 3.86. The number of rotatable bonds is 5. The molecule has 1 aromatic rings. The van der Waals surface area contributed by atoms with Crippen LogP contribution in [-0.4, -0.2) is 18.5 Å². The fraction of sp³-hybridized carbons (Fsp3) is 0.533. The van der Waals surface area contributed by atoms with Crippen molar-refractivity contribution < 1.29 is 4.79 Å². The number of carbonyl (C=O) groups is 1. The highest BCUT2D eigenvalue weighted by atomic mass is 35.5. The van der Waals surface area contributed by atoms with Gasteiger partial charge >= 0.3 is 0 Å². The summed E-state index contributed by atoms with van der Waals surface area (Å²) in [5, 5.41) is 3.84. The molecule has 20 heavy (non-hydrogen) atoms. The van der Waals surface area contributed by atoms with Gasteiger partial charge in [-0.1, -0.05) is 30.2 Å². The van der Waals surface area contributed by atoms with Crippen LogP contribution in [0.25, 0.3) is 0 Å². The Morgan fingerprint density at radius 2 is 2.00 bits per heavy atom. The lowest BCUT2D eigenvalue weighted by molar-refractivity contribution is -0.122. The fourth-order valence-corrected chi connectivity index (χ4v) is 2.82. The quantitative estimate of drug-likeness (QED) is 0.877. The van der Waals surface area contributed by atoms with Gasteiger partial charge in [-0.25, -0.2) is 0 Å². The summed E-state index contributed by atoms with van der Waals surface area (Å²) in [6, 6.07) is 7.93. The van der Waals surface area contributed by atoms with Crippen LogP contribution in [0.3, 0.4) is 0 Å². The van der Waals surface area contributed by atoms with Gasteiger partial charge < -0.3 is 11.1 Å². The topological polar surface area (TPSA) is 55.1 Å². The Bertz CT molecular complexity index is 422. The average molecular weight is 317 g/mol. The van der Waals surface area contributed by atoms with E-state index in [1.165, 1.54) is 6.42 Å². The minimum absolute atomic E-state index is 0. The first-order valence-corrected chi connectivity index (χ1v) is 7.30. The molecule has 1 aliphatic rings. The van der Waals surface area contributed by atoms with Crippen LogP contribution in [0, 0.1) is 5.92 Å². The van der Waals surface area contributed by atoms with E-state index in [0.717, 1.165) is 29.8 Å². The number of halogens is 2. The van der Waals surface area contributed by atoms with E-state index in [2.05, 4.69) is 5.32 Å². The largest absolute Gasteiger partial charge is 0.353 e. The van der Waals surface area contributed by atoms with Crippen molar-refractivity contribution in [3.63, 3.8) is 0 Å². The number of hydrogen-bond acceptors (Lipinski definition) is 2. The highest BCUT2D eigenvalue weighted by Gasteiger charge is 2.26. The molecule has 1 amide bonds. The zero-order valence-electron chi connectivity index (χ0n) is 11.5. The number of hydrogen-bond donors (Lipinski definition) is 2. The molecule has 1 fully saturated rings. The van der Waals surface area contributed by atoms with Gasteiger partial charge in [0.15, 0.2) is 0 Å². The lowest BCUT2D eigenvalue weighted by Gasteiger charge is -2.19. The standard InChI is InChI=1S/C15H21ClN2O.ClH/c16-13-7-4-11(5-8-13)6-9-15(19)18-14-3-1-2-12(14)10-17;/h4-5,7-8,12,14H,1-3,6,9-10,17H2,(H,18,19);1H. The molecule has 1 aromatic carbocycles. The predicted molar refractivity (Wildman–Crippen MR) is 85.3 cm³/mol. The minimum Gasteiger partial charge on any atom is -0.353 e. The lowest BCUT2D eigenvalue weighted by atomic mass is 10.0. The van der Waals surface area contributed by atoms with E-state index in [0.29, 0.717) is 18.9 Å². The Morgan fingerprint density at radius 1 is 1.30 bits per heavy atom. The van der Waals surface area contributed by atoms with Crippen molar-refractivity contribution in [2.45, 2.75) is 38.1 Å². The van der Waals surface area contributed by atoms with Gasteiger partial charge in [-0.3, -0.25) is 4.79 Å². The van der Waals surface area contributed by atoms with Crippen molar-refractivity contribution in [2.24, 2.45) is 11.7 Å². The maximum atomic E-state index is 11.9.